The minimum atomic E-state index is -4.88. The van der Waals surface area contributed by atoms with Crippen LogP contribution >= 0.6 is 11.6 Å². The number of alkyl halides is 3. The highest BCUT2D eigenvalue weighted by atomic mass is 35.5. The molecule has 0 aromatic heterocycles. The molecular formula is C12H12ClF3O3S. The fraction of sp³-hybridized carbons (Fsp3) is 0.417. The molecule has 0 amide bonds. The van der Waals surface area contributed by atoms with Crippen molar-refractivity contribution in [3.05, 3.63) is 28.8 Å². The molecule has 0 bridgehead atoms. The number of aryl methyl sites for hydroxylation is 1. The molecule has 0 saturated carbocycles. The first-order chi connectivity index (χ1) is 9.00. The van der Waals surface area contributed by atoms with E-state index in [4.69, 9.17) is 11.6 Å². The Kier molecular flexibility index (Phi) is 4.86. The van der Waals surface area contributed by atoms with Gasteiger partial charge in [0.15, 0.2) is 9.84 Å². The zero-order chi connectivity index (χ0) is 15.7. The second-order valence-electron chi connectivity index (χ2n) is 4.25. The average Bonchev–Trinajstić information content (AvgIpc) is 2.26. The van der Waals surface area contributed by atoms with Crippen molar-refractivity contribution in [1.82, 2.24) is 0 Å². The van der Waals surface area contributed by atoms with Crippen molar-refractivity contribution in [2.75, 3.05) is 5.75 Å². The van der Waals surface area contributed by atoms with Crippen molar-refractivity contribution in [3.63, 3.8) is 0 Å². The highest BCUT2D eigenvalue weighted by Crippen LogP contribution is 2.36. The molecular weight excluding hydrogens is 317 g/mol. The summed E-state index contributed by atoms with van der Waals surface area (Å²) in [5.41, 5.74) is -1.62. The van der Waals surface area contributed by atoms with Crippen LogP contribution in [0.1, 0.15) is 34.8 Å². The van der Waals surface area contributed by atoms with E-state index in [0.717, 1.165) is 6.07 Å². The maximum absolute atomic E-state index is 13.0. The van der Waals surface area contributed by atoms with Crippen LogP contribution in [0.15, 0.2) is 17.0 Å². The molecule has 112 valence electrons. The smallest absolute Gasteiger partial charge is 0.276 e. The fourth-order valence-electron chi connectivity index (χ4n) is 1.75. The number of carbonyl (C=O) groups is 1. The van der Waals surface area contributed by atoms with Gasteiger partial charge in [-0.3, -0.25) is 4.79 Å². The van der Waals surface area contributed by atoms with Gasteiger partial charge in [-0.25, -0.2) is 8.42 Å². The molecule has 0 atom stereocenters. The van der Waals surface area contributed by atoms with Gasteiger partial charge >= 0.3 is 6.18 Å². The van der Waals surface area contributed by atoms with Gasteiger partial charge in [0.05, 0.1) is 16.2 Å². The zero-order valence-electron chi connectivity index (χ0n) is 10.7. The maximum Gasteiger partial charge on any atom is 0.417 e. The third-order valence-corrected chi connectivity index (χ3v) is 4.81. The standard InChI is InChI=1S/C12H12ClF3O3S/c1-3-4-20(18,19)10-5-7(2)8(11(13)17)6-9(10)12(14,15)16/h5-6H,3-4H2,1-2H3. The number of hydrogen-bond acceptors (Lipinski definition) is 3. The van der Waals surface area contributed by atoms with Crippen LogP contribution in [0, 0.1) is 6.92 Å². The third-order valence-electron chi connectivity index (χ3n) is 2.65. The first kappa shape index (κ1) is 17.0. The molecule has 1 aromatic rings. The SMILES string of the molecule is CCCS(=O)(=O)c1cc(C)c(C(=O)Cl)cc1C(F)(F)F. The Hall–Kier alpha value is -1.08. The summed E-state index contributed by atoms with van der Waals surface area (Å²) in [5.74, 6) is -0.399. The second kappa shape index (κ2) is 5.73. The van der Waals surface area contributed by atoms with E-state index in [9.17, 15) is 26.4 Å². The first-order valence-electron chi connectivity index (χ1n) is 5.65. The predicted octanol–water partition coefficient (Wildman–Crippen LogP) is 3.58. The lowest BCUT2D eigenvalue weighted by molar-refractivity contribution is -0.139. The molecule has 0 aliphatic heterocycles. The quantitative estimate of drug-likeness (QED) is 0.794. The maximum atomic E-state index is 13.0. The Bertz CT molecular complexity index is 636. The molecule has 0 N–H and O–H groups in total. The van der Waals surface area contributed by atoms with Crippen LogP contribution in [-0.4, -0.2) is 19.4 Å². The van der Waals surface area contributed by atoms with Crippen LogP contribution < -0.4 is 0 Å². The molecule has 0 fully saturated rings. The van der Waals surface area contributed by atoms with E-state index < -0.39 is 37.5 Å². The highest BCUT2D eigenvalue weighted by molar-refractivity contribution is 7.91. The summed E-state index contributed by atoms with van der Waals surface area (Å²) in [7, 11) is -4.06. The molecule has 3 nitrogen and oxygen atoms in total. The molecule has 1 rings (SSSR count). The van der Waals surface area contributed by atoms with Crippen LogP contribution in [0.2, 0.25) is 0 Å². The summed E-state index contributed by atoms with van der Waals surface area (Å²) >= 11 is 5.20. The zero-order valence-corrected chi connectivity index (χ0v) is 12.3. The molecule has 0 unspecified atom stereocenters. The lowest BCUT2D eigenvalue weighted by atomic mass is 10.1. The number of hydrogen-bond donors (Lipinski definition) is 0. The minimum Gasteiger partial charge on any atom is -0.276 e. The number of rotatable bonds is 4. The summed E-state index contributed by atoms with van der Waals surface area (Å²) in [4.78, 5) is 10.3. The Morgan fingerprint density at radius 2 is 1.85 bits per heavy atom. The van der Waals surface area contributed by atoms with Gasteiger partial charge in [0.1, 0.15) is 0 Å². The van der Waals surface area contributed by atoms with Crippen molar-refractivity contribution < 1.29 is 26.4 Å². The average molecular weight is 329 g/mol. The molecule has 0 aliphatic rings. The van der Waals surface area contributed by atoms with Crippen LogP contribution in [0.25, 0.3) is 0 Å². The van der Waals surface area contributed by atoms with E-state index in [1.54, 1.807) is 6.92 Å². The Labute approximate surface area is 119 Å². The number of halogens is 4. The number of sulfone groups is 1. The normalized spacial score (nSPS) is 12.5. The fourth-order valence-corrected chi connectivity index (χ4v) is 3.58. The van der Waals surface area contributed by atoms with E-state index in [0.29, 0.717) is 6.07 Å². The van der Waals surface area contributed by atoms with Crippen molar-refractivity contribution in [2.24, 2.45) is 0 Å². The van der Waals surface area contributed by atoms with Crippen molar-refractivity contribution >= 4 is 26.7 Å². The van der Waals surface area contributed by atoms with E-state index in [1.807, 2.05) is 0 Å². The first-order valence-corrected chi connectivity index (χ1v) is 7.68. The Morgan fingerprint density at radius 1 is 1.30 bits per heavy atom. The topological polar surface area (TPSA) is 51.2 Å². The molecule has 8 heteroatoms. The molecule has 0 aliphatic carbocycles. The van der Waals surface area contributed by atoms with Crippen molar-refractivity contribution in [3.8, 4) is 0 Å². The van der Waals surface area contributed by atoms with Gasteiger partial charge in [0, 0.05) is 5.56 Å². The van der Waals surface area contributed by atoms with Gasteiger partial charge in [-0.05, 0) is 42.6 Å². The summed E-state index contributed by atoms with van der Waals surface area (Å²) in [6, 6.07) is 1.34. The van der Waals surface area contributed by atoms with Crippen LogP contribution in [0.5, 0.6) is 0 Å². The summed E-state index contributed by atoms with van der Waals surface area (Å²) < 4.78 is 62.8. The summed E-state index contributed by atoms with van der Waals surface area (Å²) in [6.07, 6.45) is -4.69. The number of benzene rings is 1. The summed E-state index contributed by atoms with van der Waals surface area (Å²) in [6.45, 7) is 2.88. The van der Waals surface area contributed by atoms with E-state index in [2.05, 4.69) is 0 Å². The van der Waals surface area contributed by atoms with E-state index in [1.165, 1.54) is 6.92 Å². The van der Waals surface area contributed by atoms with Gasteiger partial charge in [0.25, 0.3) is 5.24 Å². The molecule has 0 saturated heterocycles. The van der Waals surface area contributed by atoms with Gasteiger partial charge in [0.2, 0.25) is 0 Å². The van der Waals surface area contributed by atoms with Crippen LogP contribution in [0.3, 0.4) is 0 Å². The lowest BCUT2D eigenvalue weighted by Crippen LogP contribution is -2.17. The Morgan fingerprint density at radius 3 is 2.25 bits per heavy atom. The van der Waals surface area contributed by atoms with Crippen molar-refractivity contribution in [2.45, 2.75) is 31.3 Å². The Balaban J connectivity index is 3.68. The van der Waals surface area contributed by atoms with Crippen LogP contribution in [-0.2, 0) is 16.0 Å². The third kappa shape index (κ3) is 3.52. The largest absolute Gasteiger partial charge is 0.417 e. The van der Waals surface area contributed by atoms with Crippen molar-refractivity contribution in [1.29, 1.82) is 0 Å². The summed E-state index contributed by atoms with van der Waals surface area (Å²) in [5, 5.41) is -1.06. The monoisotopic (exact) mass is 328 g/mol. The van der Waals surface area contributed by atoms with Gasteiger partial charge in [-0.1, -0.05) is 6.92 Å². The predicted molar refractivity (Wildman–Crippen MR) is 68.7 cm³/mol. The molecule has 0 heterocycles. The molecule has 20 heavy (non-hydrogen) atoms. The number of carbonyl (C=O) groups excluding carboxylic acids is 1. The molecule has 0 radical (unpaired) electrons. The molecule has 1 aromatic carbocycles. The molecule has 0 spiro atoms. The second-order valence-corrected chi connectivity index (χ2v) is 6.67. The van der Waals surface area contributed by atoms with Gasteiger partial charge in [-0.2, -0.15) is 13.2 Å². The van der Waals surface area contributed by atoms with Gasteiger partial charge in [-0.15, -0.1) is 0 Å². The lowest BCUT2D eigenvalue weighted by Gasteiger charge is -2.15. The van der Waals surface area contributed by atoms with Gasteiger partial charge < -0.3 is 0 Å². The minimum absolute atomic E-state index is 0.0904. The van der Waals surface area contributed by atoms with E-state index in [-0.39, 0.29) is 17.5 Å². The highest BCUT2D eigenvalue weighted by Gasteiger charge is 2.38. The van der Waals surface area contributed by atoms with Crippen LogP contribution in [0.4, 0.5) is 13.2 Å². The van der Waals surface area contributed by atoms with E-state index >= 15 is 0 Å².